The van der Waals surface area contributed by atoms with Gasteiger partial charge < -0.3 is 0 Å². The second kappa shape index (κ2) is 1.72. The number of nitrogens with zero attached hydrogens (tertiary/aromatic N) is 1. The van der Waals surface area contributed by atoms with Gasteiger partial charge in [-0.15, -0.1) is 0 Å². The number of hydrogen-bond donors (Lipinski definition) is 1. The van der Waals surface area contributed by atoms with E-state index >= 15 is 0 Å². The van der Waals surface area contributed by atoms with E-state index in [-0.39, 0.29) is 0 Å². The van der Waals surface area contributed by atoms with Crippen LogP contribution in [-0.4, -0.2) is 18.4 Å². The van der Waals surface area contributed by atoms with Crippen molar-refractivity contribution in [1.29, 1.82) is 0 Å². The lowest BCUT2D eigenvalue weighted by Crippen LogP contribution is -2.30. The highest BCUT2D eigenvalue weighted by atomic mass is 15.1. The zero-order valence-electron chi connectivity index (χ0n) is 4.99. The minimum Gasteiger partial charge on any atom is -0.267 e. The molecule has 1 aliphatic carbocycles. The highest BCUT2D eigenvalue weighted by molar-refractivity contribution is 5.58. The van der Waals surface area contributed by atoms with Crippen LogP contribution in [0.4, 0.5) is 0 Å². The summed E-state index contributed by atoms with van der Waals surface area (Å²) in [6.45, 7) is 0. The van der Waals surface area contributed by atoms with Crippen LogP contribution in [0.25, 0.3) is 0 Å². The molecule has 0 saturated carbocycles. The van der Waals surface area contributed by atoms with Crippen molar-refractivity contribution in [2.45, 2.75) is 12.1 Å². The fraction of sp³-hybridized carbons (Fsp3) is 0.286. The molecule has 1 radical (unpaired) electrons. The van der Waals surface area contributed by atoms with Crippen molar-refractivity contribution >= 4 is 6.34 Å². The van der Waals surface area contributed by atoms with Crippen LogP contribution in [0, 0.1) is 0 Å². The Balaban J connectivity index is 2.25. The zero-order chi connectivity index (χ0) is 6.10. The summed E-state index contributed by atoms with van der Waals surface area (Å²) in [5, 5.41) is 3.13. The Morgan fingerprint density at radius 1 is 1.22 bits per heavy atom. The van der Waals surface area contributed by atoms with Crippen LogP contribution in [0.15, 0.2) is 24.3 Å². The summed E-state index contributed by atoms with van der Waals surface area (Å²) < 4.78 is 0. The summed E-state index contributed by atoms with van der Waals surface area (Å²) in [7, 11) is 0. The van der Waals surface area contributed by atoms with Crippen LogP contribution in [0.2, 0.25) is 0 Å². The summed E-state index contributed by atoms with van der Waals surface area (Å²) in [4.78, 5) is 4.18. The van der Waals surface area contributed by atoms with E-state index in [1.54, 1.807) is 6.34 Å². The molecule has 1 heterocycles. The molecule has 2 aliphatic rings. The van der Waals surface area contributed by atoms with Crippen molar-refractivity contribution in [2.75, 3.05) is 0 Å². The molecule has 1 N–H and O–H groups in total. The van der Waals surface area contributed by atoms with Crippen LogP contribution in [0.3, 0.4) is 0 Å². The molecular weight excluding hydrogens is 112 g/mol. The summed E-state index contributed by atoms with van der Waals surface area (Å²) in [5.41, 5.74) is 0. The first-order chi connectivity index (χ1) is 4.47. The van der Waals surface area contributed by atoms with Gasteiger partial charge in [-0.05, 0) is 12.2 Å². The van der Waals surface area contributed by atoms with E-state index in [9.17, 15) is 0 Å². The van der Waals surface area contributed by atoms with Gasteiger partial charge in [0.25, 0.3) is 6.34 Å². The topological polar surface area (TPSA) is 26.1 Å². The lowest BCUT2D eigenvalue weighted by atomic mass is 10.1. The molecule has 2 atom stereocenters. The minimum absolute atomic E-state index is 0.356. The first-order valence-corrected chi connectivity index (χ1v) is 3.09. The predicted molar refractivity (Wildman–Crippen MR) is 37.2 cm³/mol. The maximum Gasteiger partial charge on any atom is 0.274 e. The maximum atomic E-state index is 4.18. The van der Waals surface area contributed by atoms with Crippen molar-refractivity contribution in [3.63, 3.8) is 0 Å². The fourth-order valence-electron chi connectivity index (χ4n) is 1.11. The maximum absolute atomic E-state index is 4.18. The van der Waals surface area contributed by atoms with Gasteiger partial charge in [-0.1, -0.05) is 17.1 Å². The van der Waals surface area contributed by atoms with Crippen LogP contribution in [0.1, 0.15) is 0 Å². The molecule has 2 unspecified atom stereocenters. The molecule has 2 nitrogen and oxygen atoms in total. The molecule has 0 amide bonds. The van der Waals surface area contributed by atoms with Crippen molar-refractivity contribution in [2.24, 2.45) is 0 Å². The highest BCUT2D eigenvalue weighted by Gasteiger charge is 2.28. The average Bonchev–Trinajstić information content (AvgIpc) is 2.33. The first-order valence-electron chi connectivity index (χ1n) is 3.09. The van der Waals surface area contributed by atoms with E-state index in [4.69, 9.17) is 0 Å². The van der Waals surface area contributed by atoms with E-state index < -0.39 is 0 Å². The van der Waals surface area contributed by atoms with E-state index in [1.165, 1.54) is 0 Å². The smallest absolute Gasteiger partial charge is 0.267 e. The zero-order valence-corrected chi connectivity index (χ0v) is 4.99. The van der Waals surface area contributed by atoms with Gasteiger partial charge in [-0.3, -0.25) is 5.32 Å². The Bertz CT molecular complexity index is 191. The lowest BCUT2D eigenvalue weighted by Gasteiger charge is -2.04. The third-order valence-electron chi connectivity index (χ3n) is 1.62. The Kier molecular flexibility index (Phi) is 0.918. The predicted octanol–water partition coefficient (Wildman–Crippen LogP) is -0.183. The van der Waals surface area contributed by atoms with Gasteiger partial charge in [-0.2, -0.15) is 0 Å². The molecule has 45 valence electrons. The van der Waals surface area contributed by atoms with Crippen molar-refractivity contribution in [1.82, 2.24) is 10.3 Å². The second-order valence-corrected chi connectivity index (χ2v) is 2.23. The summed E-state index contributed by atoms with van der Waals surface area (Å²) in [6.07, 6.45) is 10.1. The average molecular weight is 120 g/mol. The largest absolute Gasteiger partial charge is 0.274 e. The van der Waals surface area contributed by atoms with E-state index in [2.05, 4.69) is 22.5 Å². The van der Waals surface area contributed by atoms with E-state index in [0.717, 1.165) is 0 Å². The molecule has 9 heavy (non-hydrogen) atoms. The summed E-state index contributed by atoms with van der Waals surface area (Å²) in [5.74, 6) is 0. The van der Waals surface area contributed by atoms with Gasteiger partial charge in [-0.25, -0.2) is 0 Å². The third-order valence-corrected chi connectivity index (χ3v) is 1.62. The molecule has 0 saturated heterocycles. The second-order valence-electron chi connectivity index (χ2n) is 2.23. The monoisotopic (exact) mass is 120 g/mol. The lowest BCUT2D eigenvalue weighted by molar-refractivity contribution is 0.667. The quantitative estimate of drug-likeness (QED) is 0.471. The number of aliphatic imine (C=N–C) groups is 1. The Hall–Kier alpha value is -1.05. The number of nitrogens with one attached hydrogen (secondary N) is 1. The van der Waals surface area contributed by atoms with Gasteiger partial charge in [0.2, 0.25) is 6.04 Å². The van der Waals surface area contributed by atoms with Crippen LogP contribution < -0.4 is 10.3 Å². The van der Waals surface area contributed by atoms with Crippen molar-refractivity contribution < 1.29 is 0 Å². The highest BCUT2D eigenvalue weighted by Crippen LogP contribution is 2.05. The molecule has 2 heteroatoms. The molecule has 0 aromatic carbocycles. The molecule has 0 aromatic heterocycles. The summed E-state index contributed by atoms with van der Waals surface area (Å²) in [6, 6.07) is 0.782. The van der Waals surface area contributed by atoms with E-state index in [1.807, 2.05) is 12.2 Å². The Morgan fingerprint density at radius 2 is 2.11 bits per heavy atom. The van der Waals surface area contributed by atoms with Gasteiger partial charge >= 0.3 is 0 Å². The van der Waals surface area contributed by atoms with Crippen LogP contribution in [0.5, 0.6) is 0 Å². The van der Waals surface area contributed by atoms with Crippen LogP contribution in [-0.2, 0) is 0 Å². The van der Waals surface area contributed by atoms with Gasteiger partial charge in [0, 0.05) is 0 Å². The molecule has 0 fully saturated rings. The molecular formula is C7H8N2+. The number of rotatable bonds is 0. The molecule has 0 spiro atoms. The number of fused-ring (bicyclic) bond motifs is 1. The van der Waals surface area contributed by atoms with Crippen LogP contribution >= 0.6 is 0 Å². The summed E-state index contributed by atoms with van der Waals surface area (Å²) >= 11 is 0. The normalized spacial score (nSPS) is 36.4. The first kappa shape index (κ1) is 4.79. The molecule has 2 rings (SSSR count). The Labute approximate surface area is 54.0 Å². The third kappa shape index (κ3) is 0.669. The van der Waals surface area contributed by atoms with Gasteiger partial charge in [0.05, 0.1) is 0 Å². The van der Waals surface area contributed by atoms with E-state index in [0.29, 0.717) is 12.1 Å². The number of hydrogen-bond acceptors (Lipinski definition) is 2. The van der Waals surface area contributed by atoms with Crippen molar-refractivity contribution in [3.05, 3.63) is 24.3 Å². The van der Waals surface area contributed by atoms with Gasteiger partial charge in [0.15, 0.2) is 6.04 Å². The standard InChI is InChI=1S/C7H8N2/c1-2-4-7-6(3-1)8-5-9-7/h1-8H/q+1. The number of allylic oxidation sites excluding steroid dienone is 2. The fourth-order valence-corrected chi connectivity index (χ4v) is 1.11. The van der Waals surface area contributed by atoms with Gasteiger partial charge in [0.1, 0.15) is 0 Å². The Morgan fingerprint density at radius 3 is 3.00 bits per heavy atom. The molecule has 0 aromatic rings. The minimum atomic E-state index is 0.356. The SMILES string of the molecule is C1=CC2[N+]=CNC2C=C1. The van der Waals surface area contributed by atoms with Crippen molar-refractivity contribution in [3.8, 4) is 0 Å². The molecule has 0 bridgehead atoms. The molecule has 1 aliphatic heterocycles.